The van der Waals surface area contributed by atoms with Gasteiger partial charge in [-0.05, 0) is 72.6 Å². The molecule has 7 nitrogen and oxygen atoms in total. The molecule has 1 amide bonds. The van der Waals surface area contributed by atoms with Crippen molar-refractivity contribution in [1.82, 2.24) is 25.1 Å². The van der Waals surface area contributed by atoms with Crippen LogP contribution in [0.3, 0.4) is 0 Å². The first kappa shape index (κ1) is 47.7. The van der Waals surface area contributed by atoms with Crippen LogP contribution in [0, 0.1) is 11.3 Å². The van der Waals surface area contributed by atoms with Crippen molar-refractivity contribution in [2.24, 2.45) is 11.3 Å². The Bertz CT molecular complexity index is 1340. The molecular weight excluding hydrogens is 651 g/mol. The highest BCUT2D eigenvalue weighted by Crippen LogP contribution is 2.37. The van der Waals surface area contributed by atoms with Crippen LogP contribution in [0.2, 0.25) is 0 Å². The van der Waals surface area contributed by atoms with Gasteiger partial charge in [-0.25, -0.2) is 0 Å². The highest BCUT2D eigenvalue weighted by atomic mass is 19.4. The number of carbonyl (C=O) groups is 2. The van der Waals surface area contributed by atoms with Crippen LogP contribution in [-0.4, -0.2) is 70.7 Å². The Hall–Kier alpha value is -3.27. The predicted molar refractivity (Wildman–Crippen MR) is 206 cm³/mol. The number of rotatable bonds is 1. The summed E-state index contributed by atoms with van der Waals surface area (Å²) < 4.78 is 36.5. The Kier molecular flexibility index (Phi) is 17.8. The second-order valence-corrected chi connectivity index (χ2v) is 17.5. The average Bonchev–Trinajstić information content (AvgIpc) is 3.43. The van der Waals surface area contributed by atoms with Crippen LogP contribution >= 0.6 is 0 Å². The number of halogens is 3. The number of hydrogen-bond donors (Lipinski definition) is 1. The van der Waals surface area contributed by atoms with Crippen molar-refractivity contribution in [3.63, 3.8) is 0 Å². The Morgan fingerprint density at radius 1 is 0.863 bits per heavy atom. The highest BCUT2D eigenvalue weighted by molar-refractivity contribution is 5.91. The maximum absolute atomic E-state index is 12.2. The lowest BCUT2D eigenvalue weighted by Crippen LogP contribution is -2.50. The number of nitrogens with one attached hydrogen (secondary N) is 1. The summed E-state index contributed by atoms with van der Waals surface area (Å²) in [7, 11) is 3.45. The zero-order chi connectivity index (χ0) is 38.9. The molecule has 290 valence electrons. The Labute approximate surface area is 307 Å². The molecule has 2 aromatic heterocycles. The molecule has 1 aliphatic carbocycles. The Morgan fingerprint density at radius 2 is 1.37 bits per heavy atom. The van der Waals surface area contributed by atoms with Crippen molar-refractivity contribution in [2.75, 3.05) is 33.7 Å². The summed E-state index contributed by atoms with van der Waals surface area (Å²) in [5.74, 6) is 1.04. The highest BCUT2D eigenvalue weighted by Gasteiger charge is 2.33. The fourth-order valence-corrected chi connectivity index (χ4v) is 5.06. The van der Waals surface area contributed by atoms with Gasteiger partial charge >= 0.3 is 6.18 Å². The van der Waals surface area contributed by atoms with Crippen molar-refractivity contribution >= 4 is 11.7 Å². The van der Waals surface area contributed by atoms with Crippen molar-refractivity contribution in [3.05, 3.63) is 71.4 Å². The van der Waals surface area contributed by atoms with Gasteiger partial charge in [0, 0.05) is 70.2 Å². The number of hydrogen-bond acceptors (Lipinski definition) is 6. The summed E-state index contributed by atoms with van der Waals surface area (Å²) in [5.41, 5.74) is 3.26. The molecule has 1 N–H and O–H groups in total. The molecule has 0 radical (unpaired) electrons. The topological polar surface area (TPSA) is 78.4 Å². The van der Waals surface area contributed by atoms with Crippen molar-refractivity contribution < 1.29 is 22.8 Å². The minimum atomic E-state index is -4.35. The van der Waals surface area contributed by atoms with Gasteiger partial charge in [0.1, 0.15) is 17.2 Å². The molecule has 10 heteroatoms. The van der Waals surface area contributed by atoms with Gasteiger partial charge in [-0.15, -0.1) is 0 Å². The molecule has 2 aromatic rings. The lowest BCUT2D eigenvalue weighted by Gasteiger charge is -2.39. The summed E-state index contributed by atoms with van der Waals surface area (Å²) in [6.07, 6.45) is 1.46. The van der Waals surface area contributed by atoms with Crippen LogP contribution in [-0.2, 0) is 21.8 Å². The van der Waals surface area contributed by atoms with E-state index in [1.807, 2.05) is 26.8 Å². The molecule has 4 rings (SSSR count). The number of ketones is 1. The number of alkyl halides is 3. The summed E-state index contributed by atoms with van der Waals surface area (Å²) in [6, 6.07) is 6.23. The monoisotopic (exact) mass is 720 g/mol. The molecule has 0 aromatic carbocycles. The quantitative estimate of drug-likeness (QED) is 0.316. The first-order chi connectivity index (χ1) is 22.5. The van der Waals surface area contributed by atoms with Gasteiger partial charge in [0.2, 0.25) is 0 Å². The number of pyridine rings is 2. The smallest absolute Gasteiger partial charge is 0.386 e. The van der Waals surface area contributed by atoms with Crippen molar-refractivity contribution in [2.45, 2.75) is 132 Å². The zero-order valence-electron chi connectivity index (χ0n) is 33.2. The predicted octanol–water partition coefficient (Wildman–Crippen LogP) is 9.72. The van der Waals surface area contributed by atoms with E-state index in [4.69, 9.17) is 0 Å². The normalized spacial score (nSPS) is 16.9. The third-order valence-electron chi connectivity index (χ3n) is 8.73. The van der Waals surface area contributed by atoms with Gasteiger partial charge in [0.15, 0.2) is 0 Å². The van der Waals surface area contributed by atoms with Gasteiger partial charge in [0.25, 0.3) is 5.91 Å². The van der Waals surface area contributed by atoms with E-state index in [0.717, 1.165) is 61.8 Å². The van der Waals surface area contributed by atoms with E-state index in [2.05, 4.69) is 89.1 Å². The van der Waals surface area contributed by atoms with E-state index in [0.29, 0.717) is 22.8 Å². The molecule has 3 heterocycles. The molecule has 0 spiro atoms. The van der Waals surface area contributed by atoms with Gasteiger partial charge in [-0.2, -0.15) is 13.2 Å². The van der Waals surface area contributed by atoms with E-state index >= 15 is 0 Å². The van der Waals surface area contributed by atoms with E-state index in [-0.39, 0.29) is 29.7 Å². The standard InChI is InChI=1S/C12H18N2O.C10H12F3N.C9H18N2.C9H16O.CH4/c1-12(2,3)9-6-7-10(13-8-9)11(15)14(4)5;1-9(2,3)7-4-5-8(14-6-7)10(11,12)13;1-8-7-11(6-5-10-8)9(2,3)4;1-9(2,3)7-4-5-8(10)6-7;/h6-8H,1-5H3;4-6H,1-3H3;10H,1,5-7H2,2-4H3;7H,4-6H2,1-3H3;1H4. The van der Waals surface area contributed by atoms with Crippen molar-refractivity contribution in [3.8, 4) is 0 Å². The molecule has 1 saturated heterocycles. The maximum Gasteiger partial charge on any atom is 0.433 e. The van der Waals surface area contributed by atoms with Crippen LogP contribution in [0.5, 0.6) is 0 Å². The second-order valence-electron chi connectivity index (χ2n) is 17.5. The number of amides is 1. The maximum atomic E-state index is 12.2. The van der Waals surface area contributed by atoms with E-state index in [9.17, 15) is 22.8 Å². The second kappa shape index (κ2) is 19.0. The van der Waals surface area contributed by atoms with E-state index in [1.54, 1.807) is 26.4 Å². The van der Waals surface area contributed by atoms with Gasteiger partial charge in [-0.3, -0.25) is 24.5 Å². The van der Waals surface area contributed by atoms with Crippen LogP contribution in [0.25, 0.3) is 0 Å². The largest absolute Gasteiger partial charge is 0.433 e. The number of Topliss-reactive ketones (excluding diaryl/α,β-unsaturated/α-hetero) is 1. The third-order valence-corrected chi connectivity index (χ3v) is 8.73. The third kappa shape index (κ3) is 17.2. The molecular formula is C41H68F3N5O2. The molecule has 0 bridgehead atoms. The summed E-state index contributed by atoms with van der Waals surface area (Å²) >= 11 is 0. The van der Waals surface area contributed by atoms with Crippen molar-refractivity contribution in [1.29, 1.82) is 0 Å². The first-order valence-corrected chi connectivity index (χ1v) is 17.4. The number of carbonyl (C=O) groups excluding carboxylic acids is 2. The minimum absolute atomic E-state index is 0. The number of aromatic nitrogens is 2. The lowest BCUT2D eigenvalue weighted by atomic mass is 9.80. The van der Waals surface area contributed by atoms with Crippen LogP contribution in [0.15, 0.2) is 48.9 Å². The molecule has 1 aliphatic heterocycles. The molecule has 1 atom stereocenters. The molecule has 2 fully saturated rings. The van der Waals surface area contributed by atoms with Gasteiger partial charge in [-0.1, -0.05) is 88.5 Å². The lowest BCUT2D eigenvalue weighted by molar-refractivity contribution is -0.141. The summed E-state index contributed by atoms with van der Waals surface area (Å²) in [4.78, 5) is 34.0. The Balaban J connectivity index is 0.000000657. The fourth-order valence-electron chi connectivity index (χ4n) is 5.06. The average molecular weight is 720 g/mol. The summed E-state index contributed by atoms with van der Waals surface area (Å²) in [5, 5.41) is 3.25. The SMILES string of the molecule is C.C=C1CN(C(C)(C)C)CCN1.CC(C)(C)C1CCC(=O)C1.CC(C)(C)c1ccc(C(F)(F)F)nc1.CN(C)C(=O)c1ccc(C(C)(C)C)cn1. The molecule has 1 unspecified atom stereocenters. The first-order valence-electron chi connectivity index (χ1n) is 17.4. The number of piperazine rings is 1. The minimum Gasteiger partial charge on any atom is -0.386 e. The van der Waals surface area contributed by atoms with Gasteiger partial charge in [0.05, 0.1) is 0 Å². The fraction of sp³-hybridized carbons (Fsp3) is 0.659. The number of nitrogens with zero attached hydrogens (tertiary/aromatic N) is 4. The molecule has 2 aliphatic rings. The van der Waals surface area contributed by atoms with Gasteiger partial charge < -0.3 is 10.2 Å². The molecule has 51 heavy (non-hydrogen) atoms. The van der Waals surface area contributed by atoms with Crippen LogP contribution < -0.4 is 5.32 Å². The zero-order valence-corrected chi connectivity index (χ0v) is 33.2. The molecule has 1 saturated carbocycles. The van der Waals surface area contributed by atoms with Crippen LogP contribution in [0.4, 0.5) is 13.2 Å². The van der Waals surface area contributed by atoms with E-state index in [1.165, 1.54) is 17.2 Å². The Morgan fingerprint density at radius 3 is 1.65 bits per heavy atom. The van der Waals surface area contributed by atoms with E-state index < -0.39 is 11.9 Å². The summed E-state index contributed by atoms with van der Waals surface area (Å²) in [6.45, 7) is 32.6. The van der Waals surface area contributed by atoms with Crippen LogP contribution in [0.1, 0.15) is 137 Å².